The number of carbonyl (C=O) groups is 5. The van der Waals surface area contributed by atoms with Crippen molar-refractivity contribution in [1.29, 1.82) is 0 Å². The molecule has 1 saturated heterocycles. The maximum atomic E-state index is 13.7. The number of ether oxygens (including phenoxy) is 2. The third-order valence-electron chi connectivity index (χ3n) is 5.87. The molecule has 0 spiro atoms. The van der Waals surface area contributed by atoms with Gasteiger partial charge in [-0.3, -0.25) is 14.4 Å². The SMILES string of the molecule is CCOC(=O)C=CC(CC1CCNC1=O)NC(=O)C(CC(C)C)N(NC(=O)O)C(=O)C(OC(C)(C)C)C(C)C. The second-order valence-corrected chi connectivity index (χ2v) is 11.4. The highest BCUT2D eigenvalue weighted by atomic mass is 16.5. The second kappa shape index (κ2) is 15.4. The highest BCUT2D eigenvalue weighted by Gasteiger charge is 2.39. The van der Waals surface area contributed by atoms with Gasteiger partial charge in [-0.1, -0.05) is 33.8 Å². The summed E-state index contributed by atoms with van der Waals surface area (Å²) in [5.41, 5.74) is 1.40. The molecule has 4 unspecified atom stereocenters. The molecule has 4 atom stereocenters. The molecule has 12 nitrogen and oxygen atoms in total. The van der Waals surface area contributed by atoms with Gasteiger partial charge in [-0.05, 0) is 58.8 Å². The summed E-state index contributed by atoms with van der Waals surface area (Å²) in [4.78, 5) is 63.3. The maximum Gasteiger partial charge on any atom is 0.423 e. The number of carboxylic acid groups (broad SMARTS) is 1. The first kappa shape index (κ1) is 33.9. The molecule has 4 amide bonds. The van der Waals surface area contributed by atoms with Crippen molar-refractivity contribution in [1.82, 2.24) is 21.1 Å². The molecular formula is C27H46N4O8. The number of carbonyl (C=O) groups excluding carboxylic acids is 4. The quantitative estimate of drug-likeness (QED) is 0.153. The van der Waals surface area contributed by atoms with E-state index < -0.39 is 47.7 Å². The van der Waals surface area contributed by atoms with Crippen molar-refractivity contribution in [3.63, 3.8) is 0 Å². The van der Waals surface area contributed by atoms with E-state index >= 15 is 0 Å². The van der Waals surface area contributed by atoms with Crippen LogP contribution in [-0.4, -0.2) is 76.8 Å². The number of hydrogen-bond acceptors (Lipinski definition) is 7. The van der Waals surface area contributed by atoms with Gasteiger partial charge in [-0.2, -0.15) is 0 Å². The van der Waals surface area contributed by atoms with Crippen LogP contribution in [0.4, 0.5) is 4.79 Å². The standard InChI is InChI=1S/C27H46N4O8/c1-9-38-21(32)11-10-19(15-18-12-13-28-23(18)33)29-24(34)20(14-16(2)3)31(30-26(36)37)25(35)22(17(4)5)39-27(6,7)8/h10-11,16-20,22,30H,9,12-15H2,1-8H3,(H,28,33)(H,29,34)(H,36,37). The van der Waals surface area contributed by atoms with Crippen LogP contribution in [0.1, 0.15) is 74.7 Å². The summed E-state index contributed by atoms with van der Waals surface area (Å²) in [6.45, 7) is 14.9. The van der Waals surface area contributed by atoms with Crippen molar-refractivity contribution in [2.24, 2.45) is 17.8 Å². The zero-order valence-corrected chi connectivity index (χ0v) is 24.4. The predicted molar refractivity (Wildman–Crippen MR) is 144 cm³/mol. The molecule has 1 rings (SSSR count). The van der Waals surface area contributed by atoms with Gasteiger partial charge < -0.3 is 25.2 Å². The van der Waals surface area contributed by atoms with Crippen LogP contribution >= 0.6 is 0 Å². The van der Waals surface area contributed by atoms with Crippen molar-refractivity contribution >= 4 is 29.8 Å². The fraction of sp³-hybridized carbons (Fsp3) is 0.741. The van der Waals surface area contributed by atoms with Gasteiger partial charge in [0.1, 0.15) is 12.1 Å². The Bertz CT molecular complexity index is 897. The van der Waals surface area contributed by atoms with E-state index in [0.717, 1.165) is 5.01 Å². The summed E-state index contributed by atoms with van der Waals surface area (Å²) in [6.07, 6.45) is 1.01. The van der Waals surface area contributed by atoms with Gasteiger partial charge in [-0.25, -0.2) is 20.0 Å². The fourth-order valence-electron chi connectivity index (χ4n) is 4.18. The molecular weight excluding hydrogens is 508 g/mol. The smallest absolute Gasteiger partial charge is 0.423 e. The highest BCUT2D eigenvalue weighted by Crippen LogP contribution is 2.22. The average Bonchev–Trinajstić information content (AvgIpc) is 3.20. The zero-order valence-electron chi connectivity index (χ0n) is 24.4. The van der Waals surface area contributed by atoms with Crippen LogP contribution in [0.2, 0.25) is 0 Å². The Labute approximate surface area is 231 Å². The molecule has 0 saturated carbocycles. The first-order chi connectivity index (χ1) is 18.0. The molecule has 0 bridgehead atoms. The molecule has 0 radical (unpaired) electrons. The maximum absolute atomic E-state index is 13.7. The minimum Gasteiger partial charge on any atom is -0.464 e. The third kappa shape index (κ3) is 12.1. The average molecular weight is 555 g/mol. The Balaban J connectivity index is 3.38. The normalized spacial score (nSPS) is 18.0. The Morgan fingerprint density at radius 3 is 2.28 bits per heavy atom. The first-order valence-corrected chi connectivity index (χ1v) is 13.5. The van der Waals surface area contributed by atoms with Crippen LogP contribution in [0, 0.1) is 17.8 Å². The van der Waals surface area contributed by atoms with E-state index in [4.69, 9.17) is 9.47 Å². The second-order valence-electron chi connectivity index (χ2n) is 11.4. The van der Waals surface area contributed by atoms with Crippen LogP contribution in [0.5, 0.6) is 0 Å². The lowest BCUT2D eigenvalue weighted by atomic mass is 9.96. The largest absolute Gasteiger partial charge is 0.464 e. The molecule has 4 N–H and O–H groups in total. The van der Waals surface area contributed by atoms with Crippen LogP contribution in [-0.2, 0) is 28.7 Å². The molecule has 1 fully saturated rings. The van der Waals surface area contributed by atoms with Gasteiger partial charge >= 0.3 is 12.1 Å². The minimum absolute atomic E-state index is 0.0955. The summed E-state index contributed by atoms with van der Waals surface area (Å²) >= 11 is 0. The van der Waals surface area contributed by atoms with Crippen LogP contribution in [0.3, 0.4) is 0 Å². The Kier molecular flexibility index (Phi) is 13.4. The van der Waals surface area contributed by atoms with Crippen LogP contribution < -0.4 is 16.1 Å². The van der Waals surface area contributed by atoms with E-state index in [1.54, 1.807) is 41.5 Å². The molecule has 12 heteroatoms. The topological polar surface area (TPSA) is 163 Å². The molecule has 0 aliphatic carbocycles. The summed E-state index contributed by atoms with van der Waals surface area (Å²) < 4.78 is 10.9. The lowest BCUT2D eigenvalue weighted by molar-refractivity contribution is -0.166. The van der Waals surface area contributed by atoms with Crippen molar-refractivity contribution in [3.05, 3.63) is 12.2 Å². The van der Waals surface area contributed by atoms with E-state index in [0.29, 0.717) is 13.0 Å². The Hall–Kier alpha value is -3.15. The van der Waals surface area contributed by atoms with Crippen molar-refractivity contribution in [2.45, 2.75) is 98.4 Å². The first-order valence-electron chi connectivity index (χ1n) is 13.5. The number of nitrogens with zero attached hydrogens (tertiary/aromatic N) is 1. The number of hydrogen-bond donors (Lipinski definition) is 4. The Morgan fingerprint density at radius 2 is 1.82 bits per heavy atom. The molecule has 0 aromatic rings. The predicted octanol–water partition coefficient (Wildman–Crippen LogP) is 2.38. The van der Waals surface area contributed by atoms with Crippen LogP contribution in [0.25, 0.3) is 0 Å². The molecule has 222 valence electrons. The van der Waals surface area contributed by atoms with E-state index in [1.807, 2.05) is 13.8 Å². The molecule has 1 aliphatic heterocycles. The van der Waals surface area contributed by atoms with Crippen LogP contribution in [0.15, 0.2) is 12.2 Å². The van der Waals surface area contributed by atoms with Gasteiger partial charge in [0.25, 0.3) is 5.91 Å². The zero-order chi connectivity index (χ0) is 29.9. The van der Waals surface area contributed by atoms with E-state index in [2.05, 4.69) is 16.1 Å². The Morgan fingerprint density at radius 1 is 1.18 bits per heavy atom. The lowest BCUT2D eigenvalue weighted by Crippen LogP contribution is -2.61. The number of esters is 1. The fourth-order valence-corrected chi connectivity index (χ4v) is 4.18. The monoisotopic (exact) mass is 554 g/mol. The van der Waals surface area contributed by atoms with Gasteiger partial charge in [0.05, 0.1) is 12.2 Å². The van der Waals surface area contributed by atoms with E-state index in [1.165, 1.54) is 12.2 Å². The molecule has 1 heterocycles. The number of rotatable bonds is 13. The summed E-state index contributed by atoms with van der Waals surface area (Å²) in [6, 6.07) is -1.98. The molecule has 0 aromatic carbocycles. The van der Waals surface area contributed by atoms with Gasteiger partial charge in [0, 0.05) is 24.6 Å². The van der Waals surface area contributed by atoms with Gasteiger partial charge in [0.2, 0.25) is 11.8 Å². The van der Waals surface area contributed by atoms with Crippen molar-refractivity contribution in [3.8, 4) is 0 Å². The molecule has 0 aromatic heterocycles. The molecule has 39 heavy (non-hydrogen) atoms. The summed E-state index contributed by atoms with van der Waals surface area (Å²) in [5, 5.41) is 15.9. The highest BCUT2D eigenvalue weighted by molar-refractivity contribution is 5.91. The number of hydrazine groups is 1. The summed E-state index contributed by atoms with van der Waals surface area (Å²) in [7, 11) is 0. The lowest BCUT2D eigenvalue weighted by Gasteiger charge is -2.37. The van der Waals surface area contributed by atoms with Gasteiger partial charge in [0.15, 0.2) is 0 Å². The minimum atomic E-state index is -1.51. The van der Waals surface area contributed by atoms with Crippen molar-refractivity contribution < 1.29 is 38.6 Å². The number of amides is 4. The number of nitrogens with one attached hydrogen (secondary N) is 3. The third-order valence-corrected chi connectivity index (χ3v) is 5.87. The van der Waals surface area contributed by atoms with Gasteiger partial charge in [-0.15, -0.1) is 0 Å². The van der Waals surface area contributed by atoms with Crippen molar-refractivity contribution in [2.75, 3.05) is 13.2 Å². The molecule has 1 aliphatic rings. The summed E-state index contributed by atoms with van der Waals surface area (Å²) in [5.74, 6) is -2.89. The van der Waals surface area contributed by atoms with E-state index in [9.17, 15) is 29.1 Å². The van der Waals surface area contributed by atoms with E-state index in [-0.39, 0.29) is 43.1 Å².